The van der Waals surface area contributed by atoms with Crippen molar-refractivity contribution in [2.24, 2.45) is 0 Å². The van der Waals surface area contributed by atoms with Crippen molar-refractivity contribution in [3.63, 3.8) is 0 Å². The number of nitrogens with zero attached hydrogens (tertiary/aromatic N) is 4. The van der Waals surface area contributed by atoms with E-state index in [1.54, 1.807) is 6.92 Å². The molecule has 0 saturated carbocycles. The fourth-order valence-corrected chi connectivity index (χ4v) is 3.56. The molecule has 0 aliphatic heterocycles. The summed E-state index contributed by atoms with van der Waals surface area (Å²) in [4.78, 5) is 25.2. The number of carbonyl (C=O) groups excluding carboxylic acids is 1. The highest BCUT2D eigenvalue weighted by molar-refractivity contribution is 7.15. The third-order valence-corrected chi connectivity index (χ3v) is 5.34. The molecule has 2 aromatic heterocycles. The van der Waals surface area contributed by atoms with Crippen LogP contribution in [0.25, 0.3) is 10.7 Å². The van der Waals surface area contributed by atoms with Crippen LogP contribution in [0.1, 0.15) is 44.9 Å². The maximum atomic E-state index is 13.0. The molecule has 0 saturated heterocycles. The van der Waals surface area contributed by atoms with Crippen molar-refractivity contribution in [3.05, 3.63) is 64.1 Å². The van der Waals surface area contributed by atoms with Crippen molar-refractivity contribution in [2.45, 2.75) is 25.2 Å². The Labute approximate surface area is 186 Å². The Morgan fingerprint density at radius 1 is 1.06 bits per heavy atom. The van der Waals surface area contributed by atoms with Gasteiger partial charge in [-0.15, -0.1) is 11.3 Å². The number of halogens is 6. The van der Waals surface area contributed by atoms with Gasteiger partial charge in [-0.25, -0.2) is 4.98 Å². The quantitative estimate of drug-likeness (QED) is 0.511. The smallest absolute Gasteiger partial charge is 0.351 e. The summed E-state index contributed by atoms with van der Waals surface area (Å²) in [6.45, 7) is 1.48. The molecule has 6 nitrogen and oxygen atoms in total. The lowest BCUT2D eigenvalue weighted by Crippen LogP contribution is -2.29. The minimum Gasteiger partial charge on any atom is -0.351 e. The zero-order chi connectivity index (χ0) is 24.4. The van der Waals surface area contributed by atoms with E-state index in [0.29, 0.717) is 33.4 Å². The molecule has 33 heavy (non-hydrogen) atoms. The number of nitriles is 1. The number of rotatable bonds is 5. The van der Waals surface area contributed by atoms with Crippen LogP contribution in [-0.4, -0.2) is 27.4 Å². The second kappa shape index (κ2) is 9.14. The summed E-state index contributed by atoms with van der Waals surface area (Å²) in [5.74, 6) is -1.63. The first kappa shape index (κ1) is 24.1. The molecular weight excluding hydrogens is 472 g/mol. The first-order valence-corrected chi connectivity index (χ1v) is 9.96. The van der Waals surface area contributed by atoms with Gasteiger partial charge in [-0.2, -0.15) is 31.6 Å². The van der Waals surface area contributed by atoms with Gasteiger partial charge in [-0.05, 0) is 18.2 Å². The lowest BCUT2D eigenvalue weighted by Gasteiger charge is -2.16. The molecule has 0 radical (unpaired) electrons. The fourth-order valence-electron chi connectivity index (χ4n) is 2.84. The van der Waals surface area contributed by atoms with Gasteiger partial charge in [0.25, 0.3) is 5.91 Å². The number of alkyl halides is 6. The fraction of sp³-hybridized carbons (Fsp3) is 0.250. The summed E-state index contributed by atoms with van der Waals surface area (Å²) in [6, 6.07) is 2.62. The molecule has 1 aromatic carbocycles. The summed E-state index contributed by atoms with van der Waals surface area (Å²) in [5.41, 5.74) is -3.20. The van der Waals surface area contributed by atoms with Crippen molar-refractivity contribution in [3.8, 4) is 16.8 Å². The van der Waals surface area contributed by atoms with Gasteiger partial charge >= 0.3 is 12.4 Å². The largest absolute Gasteiger partial charge is 0.416 e. The van der Waals surface area contributed by atoms with E-state index in [1.165, 1.54) is 18.6 Å². The van der Waals surface area contributed by atoms with E-state index < -0.39 is 40.9 Å². The van der Waals surface area contributed by atoms with E-state index in [1.807, 2.05) is 6.07 Å². The minimum absolute atomic E-state index is 0.0469. The van der Waals surface area contributed by atoms with Crippen molar-refractivity contribution < 1.29 is 31.1 Å². The predicted molar refractivity (Wildman–Crippen MR) is 105 cm³/mol. The van der Waals surface area contributed by atoms with Crippen molar-refractivity contribution in [1.29, 1.82) is 5.26 Å². The van der Waals surface area contributed by atoms with E-state index in [2.05, 4.69) is 20.3 Å². The highest BCUT2D eigenvalue weighted by atomic mass is 32.1. The molecule has 172 valence electrons. The SMILES string of the molecule is CC(CNC(=O)c1cc(C(F)(F)F)cc(C(F)(F)F)c1)c1nccnc1-c1ncc(C#N)s1. The zero-order valence-electron chi connectivity index (χ0n) is 16.6. The van der Waals surface area contributed by atoms with Gasteiger partial charge in [0, 0.05) is 30.4 Å². The number of hydrogen-bond donors (Lipinski definition) is 1. The Morgan fingerprint density at radius 3 is 2.21 bits per heavy atom. The topological polar surface area (TPSA) is 91.6 Å². The van der Waals surface area contributed by atoms with E-state index in [9.17, 15) is 31.1 Å². The summed E-state index contributed by atoms with van der Waals surface area (Å²) in [5, 5.41) is 11.7. The molecule has 0 spiro atoms. The minimum atomic E-state index is -5.06. The summed E-state index contributed by atoms with van der Waals surface area (Å²) >= 11 is 1.07. The second-order valence-corrected chi connectivity index (χ2v) is 7.87. The maximum absolute atomic E-state index is 13.0. The predicted octanol–water partition coefficient (Wildman–Crippen LogP) is 5.04. The molecule has 1 unspecified atom stereocenters. The van der Waals surface area contributed by atoms with E-state index in [0.717, 1.165) is 11.3 Å². The third kappa shape index (κ3) is 5.64. The summed E-state index contributed by atoms with van der Waals surface area (Å²) in [6.07, 6.45) is -5.98. The molecule has 3 aromatic rings. The molecule has 1 atom stereocenters. The lowest BCUT2D eigenvalue weighted by atomic mass is 10.0. The average Bonchev–Trinajstić information content (AvgIpc) is 3.25. The Kier molecular flexibility index (Phi) is 6.68. The highest BCUT2D eigenvalue weighted by Gasteiger charge is 2.37. The number of thiazole rings is 1. The van der Waals surface area contributed by atoms with Crippen LogP contribution in [0.5, 0.6) is 0 Å². The molecule has 0 aliphatic carbocycles. The van der Waals surface area contributed by atoms with Gasteiger partial charge in [0.15, 0.2) is 0 Å². The van der Waals surface area contributed by atoms with Gasteiger partial charge < -0.3 is 5.32 Å². The normalized spacial score (nSPS) is 12.8. The number of aromatic nitrogens is 3. The Bertz CT molecular complexity index is 1180. The van der Waals surface area contributed by atoms with Crippen LogP contribution in [-0.2, 0) is 12.4 Å². The van der Waals surface area contributed by atoms with Crippen molar-refractivity contribution in [2.75, 3.05) is 6.54 Å². The standard InChI is InChI=1S/C20H13F6N5OS/c1-10(15-16(29-3-2-28-15)18-31-9-14(7-27)33-18)8-30-17(32)11-4-12(19(21,22)23)6-13(5-11)20(24,25)26/h2-6,9-10H,8H2,1H3,(H,30,32). The van der Waals surface area contributed by atoms with E-state index in [-0.39, 0.29) is 12.6 Å². The van der Waals surface area contributed by atoms with Gasteiger partial charge in [0.1, 0.15) is 21.6 Å². The Morgan fingerprint density at radius 2 is 1.67 bits per heavy atom. The molecule has 1 amide bonds. The molecule has 0 aliphatic rings. The number of amides is 1. The molecule has 0 fully saturated rings. The van der Waals surface area contributed by atoms with Crippen LogP contribution in [0, 0.1) is 11.3 Å². The van der Waals surface area contributed by atoms with Crippen LogP contribution >= 0.6 is 11.3 Å². The lowest BCUT2D eigenvalue weighted by molar-refractivity contribution is -0.143. The van der Waals surface area contributed by atoms with Crippen LogP contribution in [0.2, 0.25) is 0 Å². The van der Waals surface area contributed by atoms with Gasteiger partial charge in [0.2, 0.25) is 0 Å². The van der Waals surface area contributed by atoms with Crippen molar-refractivity contribution >= 4 is 17.2 Å². The molecule has 13 heteroatoms. The zero-order valence-corrected chi connectivity index (χ0v) is 17.4. The first-order valence-electron chi connectivity index (χ1n) is 9.15. The number of hydrogen-bond acceptors (Lipinski definition) is 6. The third-order valence-electron chi connectivity index (χ3n) is 4.43. The average molecular weight is 485 g/mol. The maximum Gasteiger partial charge on any atom is 0.416 e. The van der Waals surface area contributed by atoms with Gasteiger partial charge in [-0.3, -0.25) is 14.8 Å². The van der Waals surface area contributed by atoms with Crippen LogP contribution in [0.4, 0.5) is 26.3 Å². The van der Waals surface area contributed by atoms with Gasteiger partial charge in [-0.1, -0.05) is 6.92 Å². The Hall–Kier alpha value is -3.53. The molecule has 2 heterocycles. The second-order valence-electron chi connectivity index (χ2n) is 6.84. The number of nitrogens with one attached hydrogen (secondary N) is 1. The molecule has 0 bridgehead atoms. The highest BCUT2D eigenvalue weighted by Crippen LogP contribution is 2.36. The monoisotopic (exact) mass is 485 g/mol. The van der Waals surface area contributed by atoms with Crippen molar-refractivity contribution in [1.82, 2.24) is 20.3 Å². The Balaban J connectivity index is 1.83. The van der Waals surface area contributed by atoms with E-state index in [4.69, 9.17) is 5.26 Å². The first-order chi connectivity index (χ1) is 15.4. The van der Waals surface area contributed by atoms with E-state index >= 15 is 0 Å². The molecule has 1 N–H and O–H groups in total. The van der Waals surface area contributed by atoms with Crippen LogP contribution in [0.15, 0.2) is 36.8 Å². The molecule has 3 rings (SSSR count). The summed E-state index contributed by atoms with van der Waals surface area (Å²) in [7, 11) is 0. The van der Waals surface area contributed by atoms with Crippen LogP contribution in [0.3, 0.4) is 0 Å². The summed E-state index contributed by atoms with van der Waals surface area (Å²) < 4.78 is 78.2. The number of benzene rings is 1. The van der Waals surface area contributed by atoms with Crippen LogP contribution < -0.4 is 5.32 Å². The van der Waals surface area contributed by atoms with Gasteiger partial charge in [0.05, 0.1) is 23.0 Å². The molecular formula is C20H13F6N5OS. The number of carbonyl (C=O) groups is 1.